The molecule has 5 rings (SSSR count). The molecule has 1 aliphatic rings. The van der Waals surface area contributed by atoms with Crippen LogP contribution in [0.2, 0.25) is 0 Å². The van der Waals surface area contributed by atoms with Gasteiger partial charge in [-0.1, -0.05) is 43.3 Å². The number of H-pyrrole nitrogens is 1. The van der Waals surface area contributed by atoms with Crippen LogP contribution in [0.4, 0.5) is 11.4 Å². The van der Waals surface area contributed by atoms with Crippen molar-refractivity contribution < 1.29 is 9.90 Å². The number of benzene rings is 3. The SMILES string of the molecule is CCN1CCN(CC(=O)N(C)c2ccc(N=C(c3ccccc3)c3c(O)[nH]c4cc(C#N)ccc34)cc2)CC1. The number of nitriles is 1. The van der Waals surface area contributed by atoms with Crippen molar-refractivity contribution in [3.05, 3.63) is 89.5 Å². The zero-order chi connectivity index (χ0) is 27.4. The smallest absolute Gasteiger partial charge is 0.240 e. The van der Waals surface area contributed by atoms with Crippen molar-refractivity contribution in [1.29, 1.82) is 5.26 Å². The minimum absolute atomic E-state index is 0.00980. The molecule has 0 unspecified atom stereocenters. The van der Waals surface area contributed by atoms with Crippen molar-refractivity contribution in [3.8, 4) is 11.9 Å². The first-order valence-electron chi connectivity index (χ1n) is 13.2. The molecular weight excluding hydrogens is 488 g/mol. The van der Waals surface area contributed by atoms with Gasteiger partial charge in [-0.25, -0.2) is 4.99 Å². The van der Waals surface area contributed by atoms with Crippen LogP contribution in [0.5, 0.6) is 5.88 Å². The summed E-state index contributed by atoms with van der Waals surface area (Å²) in [5, 5.41) is 20.9. The number of aliphatic imine (C=N–C) groups is 1. The number of hydrogen-bond acceptors (Lipinski definition) is 6. The number of nitrogens with zero attached hydrogens (tertiary/aromatic N) is 5. The molecule has 0 atom stereocenters. The van der Waals surface area contributed by atoms with Gasteiger partial charge in [0.25, 0.3) is 0 Å². The van der Waals surface area contributed by atoms with Crippen molar-refractivity contribution in [1.82, 2.24) is 14.8 Å². The molecule has 2 N–H and O–H groups in total. The second kappa shape index (κ2) is 11.5. The van der Waals surface area contributed by atoms with Crippen LogP contribution in [0.1, 0.15) is 23.6 Å². The standard InChI is InChI=1S/C31H32N6O2/c1-3-36-15-17-37(18-16-36)21-28(38)35(2)25-12-10-24(11-13-25)33-30(23-7-5-4-6-8-23)29-26-14-9-22(20-32)19-27(26)34-31(29)39/h4-14,19,34,39H,3,15-18,21H2,1-2H3. The first kappa shape index (κ1) is 26.2. The maximum Gasteiger partial charge on any atom is 0.240 e. The average molecular weight is 521 g/mol. The molecule has 39 heavy (non-hydrogen) atoms. The number of carbonyl (C=O) groups is 1. The molecule has 0 radical (unpaired) electrons. The van der Waals surface area contributed by atoms with Crippen LogP contribution in [0.25, 0.3) is 10.9 Å². The summed E-state index contributed by atoms with van der Waals surface area (Å²) in [4.78, 5) is 27.2. The van der Waals surface area contributed by atoms with E-state index in [0.717, 1.165) is 49.4 Å². The van der Waals surface area contributed by atoms with E-state index in [4.69, 9.17) is 4.99 Å². The van der Waals surface area contributed by atoms with E-state index in [2.05, 4.69) is 27.8 Å². The third-order valence-corrected chi connectivity index (χ3v) is 7.31. The second-order valence-electron chi connectivity index (χ2n) is 9.73. The predicted molar refractivity (Wildman–Crippen MR) is 155 cm³/mol. The van der Waals surface area contributed by atoms with Gasteiger partial charge in [0, 0.05) is 49.9 Å². The van der Waals surface area contributed by atoms with Gasteiger partial charge < -0.3 is 19.9 Å². The number of amides is 1. The van der Waals surface area contributed by atoms with E-state index in [1.807, 2.05) is 60.7 Å². The molecule has 3 aromatic carbocycles. The number of carbonyl (C=O) groups excluding carboxylic acids is 1. The molecule has 0 saturated carbocycles. The van der Waals surface area contributed by atoms with Gasteiger partial charge >= 0.3 is 0 Å². The summed E-state index contributed by atoms with van der Waals surface area (Å²) in [5.74, 6) is 0.0473. The number of piperazine rings is 1. The molecule has 0 spiro atoms. The Morgan fingerprint density at radius 2 is 1.72 bits per heavy atom. The molecule has 8 heteroatoms. The summed E-state index contributed by atoms with van der Waals surface area (Å²) in [5.41, 5.74) is 4.68. The average Bonchev–Trinajstić information content (AvgIpc) is 3.31. The second-order valence-corrected chi connectivity index (χ2v) is 9.73. The van der Waals surface area contributed by atoms with Gasteiger partial charge in [-0.05, 0) is 42.9 Å². The highest BCUT2D eigenvalue weighted by Crippen LogP contribution is 2.32. The number of aromatic amines is 1. The molecule has 0 aliphatic carbocycles. The molecule has 0 bridgehead atoms. The molecule has 1 saturated heterocycles. The van der Waals surface area contributed by atoms with Crippen molar-refractivity contribution in [3.63, 3.8) is 0 Å². The lowest BCUT2D eigenvalue weighted by atomic mass is 10.00. The number of rotatable bonds is 7. The highest BCUT2D eigenvalue weighted by atomic mass is 16.3. The van der Waals surface area contributed by atoms with E-state index in [0.29, 0.717) is 34.6 Å². The quantitative estimate of drug-likeness (QED) is 0.349. The number of hydrogen-bond donors (Lipinski definition) is 2. The maximum atomic E-state index is 13.0. The first-order chi connectivity index (χ1) is 19.0. The van der Waals surface area contributed by atoms with Gasteiger partial charge in [0.2, 0.25) is 5.91 Å². The number of nitrogens with one attached hydrogen (secondary N) is 1. The molecule has 198 valence electrons. The largest absolute Gasteiger partial charge is 0.494 e. The van der Waals surface area contributed by atoms with Crippen molar-refractivity contribution in [2.24, 2.45) is 4.99 Å². The fraction of sp³-hybridized carbons (Fsp3) is 0.258. The van der Waals surface area contributed by atoms with Gasteiger partial charge in [0.05, 0.1) is 40.7 Å². The number of fused-ring (bicyclic) bond motifs is 1. The fourth-order valence-corrected chi connectivity index (χ4v) is 4.94. The number of likely N-dealkylation sites (N-methyl/N-ethyl adjacent to an activating group) is 2. The van der Waals surface area contributed by atoms with Gasteiger partial charge in [-0.2, -0.15) is 5.26 Å². The summed E-state index contributed by atoms with van der Waals surface area (Å²) in [6.45, 7) is 7.41. The number of aromatic hydroxyl groups is 1. The van der Waals surface area contributed by atoms with Crippen molar-refractivity contribution >= 4 is 33.9 Å². The van der Waals surface area contributed by atoms with Gasteiger partial charge in [-0.15, -0.1) is 0 Å². The van der Waals surface area contributed by atoms with Gasteiger partial charge in [-0.3, -0.25) is 9.69 Å². The molecule has 2 heterocycles. The Labute approximate surface area is 228 Å². The van der Waals surface area contributed by atoms with Crippen molar-refractivity contribution in [2.75, 3.05) is 51.2 Å². The van der Waals surface area contributed by atoms with E-state index >= 15 is 0 Å². The van der Waals surface area contributed by atoms with Crippen LogP contribution in [0.3, 0.4) is 0 Å². The molecular formula is C31H32N6O2. The molecule has 8 nitrogen and oxygen atoms in total. The van der Waals surface area contributed by atoms with E-state index in [9.17, 15) is 15.2 Å². The molecule has 1 amide bonds. The lowest BCUT2D eigenvalue weighted by Gasteiger charge is -2.34. The van der Waals surface area contributed by atoms with Crippen molar-refractivity contribution in [2.45, 2.75) is 6.92 Å². The Balaban J connectivity index is 1.41. The third kappa shape index (κ3) is 5.70. The Morgan fingerprint density at radius 3 is 2.38 bits per heavy atom. The summed E-state index contributed by atoms with van der Waals surface area (Å²) in [7, 11) is 1.80. The summed E-state index contributed by atoms with van der Waals surface area (Å²) in [6, 6.07) is 24.6. The Bertz CT molecular complexity index is 1530. The summed E-state index contributed by atoms with van der Waals surface area (Å²) < 4.78 is 0. The zero-order valence-electron chi connectivity index (χ0n) is 22.3. The Kier molecular flexibility index (Phi) is 7.73. The fourth-order valence-electron chi connectivity index (χ4n) is 4.94. The third-order valence-electron chi connectivity index (χ3n) is 7.31. The van der Waals surface area contributed by atoms with Gasteiger partial charge in [0.1, 0.15) is 0 Å². The highest BCUT2D eigenvalue weighted by Gasteiger charge is 2.21. The maximum absolute atomic E-state index is 13.0. The monoisotopic (exact) mass is 520 g/mol. The molecule has 4 aromatic rings. The van der Waals surface area contributed by atoms with Crippen LogP contribution in [-0.2, 0) is 4.79 Å². The zero-order valence-corrected chi connectivity index (χ0v) is 22.3. The van der Waals surface area contributed by atoms with Crippen LogP contribution in [0.15, 0.2) is 77.8 Å². The lowest BCUT2D eigenvalue weighted by Crippen LogP contribution is -2.49. The molecule has 1 fully saturated rings. The van der Waals surface area contributed by atoms with E-state index in [-0.39, 0.29) is 11.8 Å². The van der Waals surface area contributed by atoms with E-state index < -0.39 is 0 Å². The lowest BCUT2D eigenvalue weighted by molar-refractivity contribution is -0.119. The minimum Gasteiger partial charge on any atom is -0.494 e. The van der Waals surface area contributed by atoms with Crippen LogP contribution >= 0.6 is 0 Å². The van der Waals surface area contributed by atoms with Crippen LogP contribution < -0.4 is 4.90 Å². The topological polar surface area (TPSA) is 99.0 Å². The predicted octanol–water partition coefficient (Wildman–Crippen LogP) is 4.51. The van der Waals surface area contributed by atoms with Crippen LogP contribution in [-0.4, -0.2) is 77.8 Å². The molecule has 1 aromatic heterocycles. The number of anilines is 1. The molecule has 1 aliphatic heterocycles. The first-order valence-corrected chi connectivity index (χ1v) is 13.2. The highest BCUT2D eigenvalue weighted by molar-refractivity contribution is 6.22. The summed E-state index contributed by atoms with van der Waals surface area (Å²) >= 11 is 0. The normalized spacial score (nSPS) is 14.8. The van der Waals surface area contributed by atoms with Crippen LogP contribution in [0, 0.1) is 11.3 Å². The van der Waals surface area contributed by atoms with E-state index in [1.54, 1.807) is 24.1 Å². The van der Waals surface area contributed by atoms with Gasteiger partial charge in [0.15, 0.2) is 5.88 Å². The summed E-state index contributed by atoms with van der Waals surface area (Å²) in [6.07, 6.45) is 0. The number of aromatic nitrogens is 1. The Hall–Kier alpha value is -4.45. The minimum atomic E-state index is -0.00980. The Morgan fingerprint density at radius 1 is 1.03 bits per heavy atom. The van der Waals surface area contributed by atoms with E-state index in [1.165, 1.54) is 0 Å².